The monoisotopic (exact) mass is 202 g/mol. The average Bonchev–Trinajstić information content (AvgIpc) is 2.19. The second-order valence-corrected chi connectivity index (χ2v) is 4.07. The van der Waals surface area contributed by atoms with Crippen molar-refractivity contribution in [2.45, 2.75) is 13.0 Å². The Kier molecular flexibility index (Phi) is 5.40. The number of hydrogen-bond donors (Lipinski definition) is 2. The van der Waals surface area contributed by atoms with Gasteiger partial charge in [0.05, 0.1) is 25.9 Å². The third-order valence-corrected chi connectivity index (χ3v) is 2.66. The van der Waals surface area contributed by atoms with Crippen LogP contribution in [-0.4, -0.2) is 62.6 Å². The molecule has 2 N–H and O–H groups in total. The molecule has 84 valence electrons. The predicted molar refractivity (Wildman–Crippen MR) is 56.4 cm³/mol. The van der Waals surface area contributed by atoms with Gasteiger partial charge in [0.15, 0.2) is 0 Å². The molecule has 1 rings (SSSR count). The van der Waals surface area contributed by atoms with Crippen molar-refractivity contribution in [2.24, 2.45) is 5.92 Å². The summed E-state index contributed by atoms with van der Waals surface area (Å²) < 4.78 is 5.33. The van der Waals surface area contributed by atoms with Crippen LogP contribution in [0.4, 0.5) is 0 Å². The molecule has 0 spiro atoms. The first-order chi connectivity index (χ1) is 6.77. The molecule has 0 saturated carbocycles. The number of aliphatic hydroxyl groups excluding tert-OH is 1. The fourth-order valence-corrected chi connectivity index (χ4v) is 1.91. The summed E-state index contributed by atoms with van der Waals surface area (Å²) in [5, 5.41) is 12.3. The van der Waals surface area contributed by atoms with Gasteiger partial charge < -0.3 is 15.2 Å². The Bertz CT molecular complexity index is 155. The molecule has 0 bridgehead atoms. The largest absolute Gasteiger partial charge is 0.395 e. The number of morpholine rings is 1. The number of rotatable bonds is 5. The predicted octanol–water partition coefficient (Wildman–Crippen LogP) is -0.465. The number of nitrogens with one attached hydrogen (secondary N) is 1. The van der Waals surface area contributed by atoms with Crippen LogP contribution < -0.4 is 5.32 Å². The van der Waals surface area contributed by atoms with Gasteiger partial charge in [-0.1, -0.05) is 6.92 Å². The number of aliphatic hydroxyl groups is 1. The normalized spacial score (nSPS) is 26.4. The second-order valence-electron chi connectivity index (χ2n) is 4.07. The van der Waals surface area contributed by atoms with E-state index in [2.05, 4.69) is 17.1 Å². The molecule has 1 heterocycles. The molecular weight excluding hydrogens is 180 g/mol. The first-order valence-corrected chi connectivity index (χ1v) is 5.35. The van der Waals surface area contributed by atoms with E-state index in [0.29, 0.717) is 12.5 Å². The number of hydrogen-bond acceptors (Lipinski definition) is 4. The summed E-state index contributed by atoms with van der Waals surface area (Å²) >= 11 is 0. The Labute approximate surface area is 86.2 Å². The molecule has 0 aromatic rings. The van der Waals surface area contributed by atoms with Gasteiger partial charge in [0.1, 0.15) is 0 Å². The van der Waals surface area contributed by atoms with Gasteiger partial charge >= 0.3 is 0 Å². The molecule has 14 heavy (non-hydrogen) atoms. The van der Waals surface area contributed by atoms with E-state index in [0.717, 1.165) is 26.2 Å². The summed E-state index contributed by atoms with van der Waals surface area (Å²) in [5.74, 6) is 0.618. The maximum Gasteiger partial charge on any atom is 0.0644 e. The zero-order chi connectivity index (χ0) is 10.4. The van der Waals surface area contributed by atoms with Crippen molar-refractivity contribution in [1.29, 1.82) is 0 Å². The van der Waals surface area contributed by atoms with Crippen molar-refractivity contribution >= 4 is 0 Å². The lowest BCUT2D eigenvalue weighted by Crippen LogP contribution is -2.49. The lowest BCUT2D eigenvalue weighted by atomic mass is 10.1. The first kappa shape index (κ1) is 11.9. The van der Waals surface area contributed by atoms with E-state index in [1.54, 1.807) is 0 Å². The fourth-order valence-electron chi connectivity index (χ4n) is 1.91. The van der Waals surface area contributed by atoms with Gasteiger partial charge in [-0.15, -0.1) is 0 Å². The SMILES string of the molecule is CNCC(C)CN1CCOCC1CO. The zero-order valence-electron chi connectivity index (χ0n) is 9.20. The van der Waals surface area contributed by atoms with E-state index in [4.69, 9.17) is 9.84 Å². The second kappa shape index (κ2) is 6.35. The lowest BCUT2D eigenvalue weighted by Gasteiger charge is -2.36. The van der Waals surface area contributed by atoms with E-state index in [-0.39, 0.29) is 12.6 Å². The highest BCUT2D eigenvalue weighted by Crippen LogP contribution is 2.09. The van der Waals surface area contributed by atoms with Gasteiger partial charge in [-0.25, -0.2) is 0 Å². The first-order valence-electron chi connectivity index (χ1n) is 5.35. The molecule has 0 amide bonds. The molecule has 0 aromatic heterocycles. The van der Waals surface area contributed by atoms with Crippen molar-refractivity contribution < 1.29 is 9.84 Å². The van der Waals surface area contributed by atoms with Crippen LogP contribution in [0.3, 0.4) is 0 Å². The van der Waals surface area contributed by atoms with Gasteiger partial charge in [0, 0.05) is 13.1 Å². The maximum absolute atomic E-state index is 9.17. The molecule has 2 atom stereocenters. The van der Waals surface area contributed by atoms with Crippen molar-refractivity contribution in [1.82, 2.24) is 10.2 Å². The topological polar surface area (TPSA) is 44.7 Å². The van der Waals surface area contributed by atoms with E-state index < -0.39 is 0 Å². The standard InChI is InChI=1S/C10H22N2O2/c1-9(5-11-2)6-12-3-4-14-8-10(12)7-13/h9-11,13H,3-8H2,1-2H3. The summed E-state index contributed by atoms with van der Waals surface area (Å²) in [6.45, 7) is 6.89. The van der Waals surface area contributed by atoms with Crippen LogP contribution in [0.1, 0.15) is 6.92 Å². The van der Waals surface area contributed by atoms with Crippen LogP contribution in [0.15, 0.2) is 0 Å². The maximum atomic E-state index is 9.17. The molecule has 0 aliphatic carbocycles. The zero-order valence-corrected chi connectivity index (χ0v) is 9.20. The molecule has 0 aromatic carbocycles. The van der Waals surface area contributed by atoms with Crippen LogP contribution in [0, 0.1) is 5.92 Å². The summed E-state index contributed by atoms with van der Waals surface area (Å²) in [6.07, 6.45) is 0. The lowest BCUT2D eigenvalue weighted by molar-refractivity contribution is -0.0323. The smallest absolute Gasteiger partial charge is 0.0644 e. The van der Waals surface area contributed by atoms with Gasteiger partial charge in [0.2, 0.25) is 0 Å². The molecule has 2 unspecified atom stereocenters. The Morgan fingerprint density at radius 1 is 1.64 bits per heavy atom. The van der Waals surface area contributed by atoms with Crippen LogP contribution >= 0.6 is 0 Å². The van der Waals surface area contributed by atoms with Gasteiger partial charge in [-0.3, -0.25) is 4.90 Å². The van der Waals surface area contributed by atoms with Crippen molar-refractivity contribution in [3.8, 4) is 0 Å². The third kappa shape index (κ3) is 3.53. The van der Waals surface area contributed by atoms with Crippen LogP contribution in [0.2, 0.25) is 0 Å². The molecule has 1 aliphatic rings. The molecule has 4 heteroatoms. The van der Waals surface area contributed by atoms with E-state index >= 15 is 0 Å². The molecule has 1 aliphatic heterocycles. The quantitative estimate of drug-likeness (QED) is 0.633. The van der Waals surface area contributed by atoms with Crippen LogP contribution in [0.5, 0.6) is 0 Å². The minimum atomic E-state index is 0.197. The van der Waals surface area contributed by atoms with Gasteiger partial charge in [0.25, 0.3) is 0 Å². The van der Waals surface area contributed by atoms with Crippen molar-refractivity contribution in [3.05, 3.63) is 0 Å². The summed E-state index contributed by atoms with van der Waals surface area (Å²) in [4.78, 5) is 2.32. The molecule has 0 radical (unpaired) electrons. The van der Waals surface area contributed by atoms with Crippen LogP contribution in [-0.2, 0) is 4.74 Å². The highest BCUT2D eigenvalue weighted by molar-refractivity contribution is 4.76. The molecular formula is C10H22N2O2. The fraction of sp³-hybridized carbons (Fsp3) is 1.00. The minimum absolute atomic E-state index is 0.197. The van der Waals surface area contributed by atoms with Crippen LogP contribution in [0.25, 0.3) is 0 Å². The number of ether oxygens (including phenoxy) is 1. The Morgan fingerprint density at radius 3 is 3.07 bits per heavy atom. The van der Waals surface area contributed by atoms with E-state index in [1.165, 1.54) is 0 Å². The molecule has 1 saturated heterocycles. The average molecular weight is 202 g/mol. The Hall–Kier alpha value is -0.160. The third-order valence-electron chi connectivity index (χ3n) is 2.66. The van der Waals surface area contributed by atoms with E-state index in [1.807, 2.05) is 7.05 Å². The van der Waals surface area contributed by atoms with Gasteiger partial charge in [-0.2, -0.15) is 0 Å². The molecule has 4 nitrogen and oxygen atoms in total. The molecule has 1 fully saturated rings. The number of nitrogens with zero attached hydrogens (tertiary/aromatic N) is 1. The van der Waals surface area contributed by atoms with Gasteiger partial charge in [-0.05, 0) is 19.5 Å². The summed E-state index contributed by atoms with van der Waals surface area (Å²) in [6, 6.07) is 0.197. The Morgan fingerprint density at radius 2 is 2.43 bits per heavy atom. The minimum Gasteiger partial charge on any atom is -0.395 e. The highest BCUT2D eigenvalue weighted by Gasteiger charge is 2.23. The van der Waals surface area contributed by atoms with Crippen molar-refractivity contribution in [3.63, 3.8) is 0 Å². The summed E-state index contributed by atoms with van der Waals surface area (Å²) in [7, 11) is 1.97. The van der Waals surface area contributed by atoms with E-state index in [9.17, 15) is 0 Å². The van der Waals surface area contributed by atoms with Crippen molar-refractivity contribution in [2.75, 3.05) is 46.5 Å². The summed E-state index contributed by atoms with van der Waals surface area (Å²) in [5.41, 5.74) is 0. The highest BCUT2D eigenvalue weighted by atomic mass is 16.5. The Balaban J connectivity index is 2.32.